The minimum absolute atomic E-state index is 0.0481. The summed E-state index contributed by atoms with van der Waals surface area (Å²) in [5.41, 5.74) is 4.37. The van der Waals surface area contributed by atoms with Crippen molar-refractivity contribution >= 4 is 33.2 Å². The Labute approximate surface area is 189 Å². The third-order valence-electron chi connectivity index (χ3n) is 6.08. The Bertz CT molecular complexity index is 1140. The molecule has 1 saturated heterocycles. The van der Waals surface area contributed by atoms with Gasteiger partial charge < -0.3 is 10.6 Å². The van der Waals surface area contributed by atoms with Crippen LogP contribution in [-0.2, 0) is 26.0 Å². The zero-order valence-electron chi connectivity index (χ0n) is 18.5. The van der Waals surface area contributed by atoms with Crippen molar-refractivity contribution in [2.45, 2.75) is 50.8 Å². The highest BCUT2D eigenvalue weighted by atomic mass is 32.2. The molecule has 32 heavy (non-hydrogen) atoms. The number of benzene rings is 2. The highest BCUT2D eigenvalue weighted by Gasteiger charge is 2.34. The predicted octanol–water partition coefficient (Wildman–Crippen LogP) is 3.62. The number of nitrogens with one attached hydrogen (secondary N) is 2. The van der Waals surface area contributed by atoms with Crippen molar-refractivity contribution in [3.8, 4) is 0 Å². The molecule has 2 aliphatic rings. The standard InChI is InChI=1S/C24H29N3O4S/c1-16-11-17(2)13-20(12-16)25-24(29)19-6-4-10-27(15-19)32(30,31)21-8-9-22-18(14-21)5-3-7-23(28)26-22/h8-9,11-14,19H,3-7,10,15H2,1-2H3,(H,25,29)(H,26,28)/t19-/m1/s1. The van der Waals surface area contributed by atoms with E-state index in [1.165, 1.54) is 4.31 Å². The predicted molar refractivity (Wildman–Crippen MR) is 124 cm³/mol. The molecule has 2 aromatic rings. The Morgan fingerprint density at radius 2 is 1.81 bits per heavy atom. The van der Waals surface area contributed by atoms with E-state index in [1.54, 1.807) is 18.2 Å². The van der Waals surface area contributed by atoms with Gasteiger partial charge in [0.05, 0.1) is 10.8 Å². The number of carbonyl (C=O) groups is 2. The summed E-state index contributed by atoms with van der Waals surface area (Å²) in [6.45, 7) is 4.50. The molecule has 0 saturated carbocycles. The first-order chi connectivity index (χ1) is 15.2. The summed E-state index contributed by atoms with van der Waals surface area (Å²) in [7, 11) is -3.73. The summed E-state index contributed by atoms with van der Waals surface area (Å²) in [6.07, 6.45) is 3.05. The van der Waals surface area contributed by atoms with Crippen molar-refractivity contribution < 1.29 is 18.0 Å². The molecule has 170 valence electrons. The van der Waals surface area contributed by atoms with Crippen LogP contribution in [0.4, 0.5) is 11.4 Å². The molecule has 2 aliphatic heterocycles. The SMILES string of the molecule is Cc1cc(C)cc(NC(=O)[C@@H]2CCCN(S(=O)(=O)c3ccc4c(c3)CCCC(=O)N4)C2)c1. The monoisotopic (exact) mass is 455 g/mol. The fourth-order valence-electron chi connectivity index (χ4n) is 4.53. The first-order valence-electron chi connectivity index (χ1n) is 11.0. The number of hydrogen-bond donors (Lipinski definition) is 2. The van der Waals surface area contributed by atoms with Gasteiger partial charge in [0.1, 0.15) is 0 Å². The van der Waals surface area contributed by atoms with E-state index < -0.39 is 15.9 Å². The average molecular weight is 456 g/mol. The van der Waals surface area contributed by atoms with Crippen LogP contribution in [0.15, 0.2) is 41.3 Å². The van der Waals surface area contributed by atoms with Crippen molar-refractivity contribution in [3.05, 3.63) is 53.1 Å². The maximum absolute atomic E-state index is 13.3. The number of hydrogen-bond acceptors (Lipinski definition) is 4. The van der Waals surface area contributed by atoms with E-state index >= 15 is 0 Å². The molecule has 2 N–H and O–H groups in total. The fourth-order valence-corrected chi connectivity index (χ4v) is 6.10. The number of aryl methyl sites for hydroxylation is 3. The Kier molecular flexibility index (Phi) is 6.35. The zero-order valence-corrected chi connectivity index (χ0v) is 19.3. The summed E-state index contributed by atoms with van der Waals surface area (Å²) >= 11 is 0. The maximum Gasteiger partial charge on any atom is 0.243 e. The van der Waals surface area contributed by atoms with Gasteiger partial charge in [0, 0.05) is 30.9 Å². The quantitative estimate of drug-likeness (QED) is 0.736. The van der Waals surface area contributed by atoms with Gasteiger partial charge in [0.2, 0.25) is 21.8 Å². The fraction of sp³-hybridized carbons (Fsp3) is 0.417. The van der Waals surface area contributed by atoms with E-state index in [9.17, 15) is 18.0 Å². The van der Waals surface area contributed by atoms with Gasteiger partial charge >= 0.3 is 0 Å². The van der Waals surface area contributed by atoms with Crippen LogP contribution in [0.2, 0.25) is 0 Å². The molecule has 0 spiro atoms. The first kappa shape index (κ1) is 22.5. The molecule has 0 aromatic heterocycles. The maximum atomic E-state index is 13.3. The molecule has 0 unspecified atom stereocenters. The van der Waals surface area contributed by atoms with Crippen LogP contribution >= 0.6 is 0 Å². The highest BCUT2D eigenvalue weighted by molar-refractivity contribution is 7.89. The number of fused-ring (bicyclic) bond motifs is 1. The molecule has 2 aromatic carbocycles. The number of piperidine rings is 1. The van der Waals surface area contributed by atoms with Crippen LogP contribution in [-0.4, -0.2) is 37.6 Å². The number of sulfonamides is 1. The van der Waals surface area contributed by atoms with Gasteiger partial charge in [-0.1, -0.05) is 6.07 Å². The van der Waals surface area contributed by atoms with Gasteiger partial charge in [-0.15, -0.1) is 0 Å². The van der Waals surface area contributed by atoms with Gasteiger partial charge in [0.15, 0.2) is 0 Å². The van der Waals surface area contributed by atoms with Crippen LogP contribution in [0.25, 0.3) is 0 Å². The van der Waals surface area contributed by atoms with Crippen molar-refractivity contribution in [2.24, 2.45) is 5.92 Å². The number of rotatable bonds is 4. The zero-order chi connectivity index (χ0) is 22.9. The third-order valence-corrected chi connectivity index (χ3v) is 7.94. The van der Waals surface area contributed by atoms with E-state index in [0.29, 0.717) is 44.3 Å². The lowest BCUT2D eigenvalue weighted by molar-refractivity contribution is -0.121. The smallest absolute Gasteiger partial charge is 0.243 e. The molecule has 2 heterocycles. The molecule has 2 amide bonds. The number of amides is 2. The Hall–Kier alpha value is -2.71. The number of anilines is 2. The minimum Gasteiger partial charge on any atom is -0.326 e. The molecule has 7 nitrogen and oxygen atoms in total. The minimum atomic E-state index is -3.73. The van der Waals surface area contributed by atoms with Crippen LogP contribution in [0.1, 0.15) is 42.4 Å². The largest absolute Gasteiger partial charge is 0.326 e. The summed E-state index contributed by atoms with van der Waals surface area (Å²) in [6, 6.07) is 10.7. The molecule has 4 rings (SSSR count). The van der Waals surface area contributed by atoms with E-state index in [4.69, 9.17) is 0 Å². The number of carbonyl (C=O) groups excluding carboxylic acids is 2. The second-order valence-electron chi connectivity index (χ2n) is 8.79. The van der Waals surface area contributed by atoms with Gasteiger partial charge in [-0.2, -0.15) is 4.31 Å². The Morgan fingerprint density at radius 1 is 1.06 bits per heavy atom. The molecule has 0 aliphatic carbocycles. The molecule has 0 bridgehead atoms. The van der Waals surface area contributed by atoms with Gasteiger partial charge in [-0.3, -0.25) is 9.59 Å². The molecular weight excluding hydrogens is 426 g/mol. The van der Waals surface area contributed by atoms with Crippen LogP contribution < -0.4 is 10.6 Å². The lowest BCUT2D eigenvalue weighted by Crippen LogP contribution is -2.43. The average Bonchev–Trinajstić information content (AvgIpc) is 2.93. The van der Waals surface area contributed by atoms with Crippen molar-refractivity contribution in [1.82, 2.24) is 4.31 Å². The first-order valence-corrected chi connectivity index (χ1v) is 12.5. The van der Waals surface area contributed by atoms with E-state index in [1.807, 2.05) is 32.0 Å². The lowest BCUT2D eigenvalue weighted by atomic mass is 9.98. The molecule has 8 heteroatoms. The van der Waals surface area contributed by atoms with Crippen molar-refractivity contribution in [1.29, 1.82) is 0 Å². The van der Waals surface area contributed by atoms with E-state index in [0.717, 1.165) is 22.4 Å². The van der Waals surface area contributed by atoms with Crippen LogP contribution in [0.3, 0.4) is 0 Å². The molecule has 0 radical (unpaired) electrons. The molecule has 1 atom stereocenters. The van der Waals surface area contributed by atoms with Crippen molar-refractivity contribution in [3.63, 3.8) is 0 Å². The summed E-state index contributed by atoms with van der Waals surface area (Å²) in [5, 5.41) is 5.79. The Balaban J connectivity index is 1.50. The normalized spacial score (nSPS) is 19.6. The second kappa shape index (κ2) is 9.03. The van der Waals surface area contributed by atoms with E-state index in [-0.39, 0.29) is 23.3 Å². The molecular formula is C24H29N3O4S. The molecule has 1 fully saturated rings. The van der Waals surface area contributed by atoms with Gasteiger partial charge in [-0.05, 0) is 86.6 Å². The van der Waals surface area contributed by atoms with Crippen LogP contribution in [0, 0.1) is 19.8 Å². The highest BCUT2D eigenvalue weighted by Crippen LogP contribution is 2.29. The van der Waals surface area contributed by atoms with Crippen LogP contribution in [0.5, 0.6) is 0 Å². The summed E-state index contributed by atoms with van der Waals surface area (Å²) in [5.74, 6) is -0.605. The summed E-state index contributed by atoms with van der Waals surface area (Å²) < 4.78 is 28.1. The van der Waals surface area contributed by atoms with Crippen molar-refractivity contribution in [2.75, 3.05) is 23.7 Å². The number of nitrogens with zero attached hydrogens (tertiary/aromatic N) is 1. The lowest BCUT2D eigenvalue weighted by Gasteiger charge is -2.31. The van der Waals surface area contributed by atoms with Gasteiger partial charge in [-0.25, -0.2) is 8.42 Å². The summed E-state index contributed by atoms with van der Waals surface area (Å²) in [4.78, 5) is 24.9. The topological polar surface area (TPSA) is 95.6 Å². The Morgan fingerprint density at radius 3 is 2.56 bits per heavy atom. The van der Waals surface area contributed by atoms with E-state index in [2.05, 4.69) is 10.6 Å². The second-order valence-corrected chi connectivity index (χ2v) is 10.7. The van der Waals surface area contributed by atoms with Gasteiger partial charge in [0.25, 0.3) is 0 Å². The third kappa shape index (κ3) is 4.86.